The van der Waals surface area contributed by atoms with E-state index in [1.807, 2.05) is 16.7 Å². The number of aromatic nitrogens is 1. The number of fused-ring (bicyclic) bond motifs is 1. The van der Waals surface area contributed by atoms with E-state index in [0.717, 1.165) is 10.2 Å². The van der Waals surface area contributed by atoms with Crippen LogP contribution in [-0.2, 0) is 16.1 Å². The van der Waals surface area contributed by atoms with Crippen molar-refractivity contribution in [2.45, 2.75) is 19.9 Å². The van der Waals surface area contributed by atoms with Gasteiger partial charge in [-0.2, -0.15) is 10.3 Å². The molecule has 0 saturated heterocycles. The Balaban J connectivity index is 2.01. The number of ether oxygens (including phenoxy) is 1. The predicted molar refractivity (Wildman–Crippen MR) is 107 cm³/mol. The van der Waals surface area contributed by atoms with Gasteiger partial charge in [0.25, 0.3) is 5.91 Å². The topological polar surface area (TPSA) is 84.5 Å². The Hall–Kier alpha value is -2.95. The predicted octanol–water partition coefficient (Wildman–Crippen LogP) is 3.92. The molecule has 0 N–H and O–H groups in total. The summed E-state index contributed by atoms with van der Waals surface area (Å²) in [5.74, 6) is -0.736. The van der Waals surface area contributed by atoms with Crippen molar-refractivity contribution in [1.82, 2.24) is 4.57 Å². The first-order chi connectivity index (χ1) is 13.5. The van der Waals surface area contributed by atoms with E-state index in [1.165, 1.54) is 11.3 Å². The van der Waals surface area contributed by atoms with Gasteiger partial charge in [-0.15, -0.1) is 0 Å². The number of nitriles is 1. The van der Waals surface area contributed by atoms with E-state index >= 15 is 0 Å². The average Bonchev–Trinajstić information content (AvgIpc) is 3.02. The molecule has 0 fully saturated rings. The second kappa shape index (κ2) is 8.83. The van der Waals surface area contributed by atoms with Crippen molar-refractivity contribution in [1.29, 1.82) is 5.26 Å². The van der Waals surface area contributed by atoms with Gasteiger partial charge in [0.1, 0.15) is 0 Å². The molecule has 0 aliphatic heterocycles. The zero-order valence-corrected chi connectivity index (χ0v) is 16.6. The van der Waals surface area contributed by atoms with Gasteiger partial charge in [-0.1, -0.05) is 22.9 Å². The van der Waals surface area contributed by atoms with Gasteiger partial charge in [0, 0.05) is 17.1 Å². The highest BCUT2D eigenvalue weighted by Crippen LogP contribution is 2.22. The summed E-state index contributed by atoms with van der Waals surface area (Å²) in [6.45, 7) is 2.40. The number of thiazole rings is 1. The lowest BCUT2D eigenvalue weighted by Crippen LogP contribution is -2.19. The monoisotopic (exact) mass is 413 g/mol. The van der Waals surface area contributed by atoms with Crippen molar-refractivity contribution in [2.24, 2.45) is 4.99 Å². The maximum atomic E-state index is 12.6. The molecule has 0 unspecified atom stereocenters. The fourth-order valence-electron chi connectivity index (χ4n) is 2.62. The molecule has 0 saturated carbocycles. The Labute approximate surface area is 170 Å². The highest BCUT2D eigenvalue weighted by Gasteiger charge is 2.12. The maximum Gasteiger partial charge on any atom is 0.307 e. The van der Waals surface area contributed by atoms with Crippen LogP contribution in [0.3, 0.4) is 0 Å². The summed E-state index contributed by atoms with van der Waals surface area (Å²) in [4.78, 5) is 29.1. The third-order valence-corrected chi connectivity index (χ3v) is 5.22. The standard InChI is InChI=1S/C20H16ClN3O3S/c1-2-27-18(25)9-10-24-16-8-7-15(21)11-17(16)28-20(24)23-19(26)14-5-3-13(12-22)4-6-14/h3-8,11H,2,9-10H2,1H3. The second-order valence-electron chi connectivity index (χ2n) is 5.81. The van der Waals surface area contributed by atoms with Gasteiger partial charge >= 0.3 is 5.97 Å². The van der Waals surface area contributed by atoms with Gasteiger partial charge < -0.3 is 9.30 Å². The molecule has 142 valence electrons. The molecule has 0 spiro atoms. The molecule has 3 rings (SSSR count). The summed E-state index contributed by atoms with van der Waals surface area (Å²) in [5.41, 5.74) is 1.69. The van der Waals surface area contributed by atoms with Crippen LogP contribution in [0, 0.1) is 11.3 Å². The Morgan fingerprint density at radius 1 is 1.25 bits per heavy atom. The van der Waals surface area contributed by atoms with Crippen molar-refractivity contribution >= 4 is 45.0 Å². The Kier molecular flexibility index (Phi) is 6.24. The van der Waals surface area contributed by atoms with E-state index in [1.54, 1.807) is 43.3 Å². The number of esters is 1. The fourth-order valence-corrected chi connectivity index (χ4v) is 3.95. The van der Waals surface area contributed by atoms with E-state index < -0.39 is 5.91 Å². The van der Waals surface area contributed by atoms with E-state index in [0.29, 0.717) is 34.1 Å². The van der Waals surface area contributed by atoms with Gasteiger partial charge in [0.15, 0.2) is 4.80 Å². The molecule has 0 bridgehead atoms. The van der Waals surface area contributed by atoms with Gasteiger partial charge in [-0.05, 0) is 49.4 Å². The molecule has 1 amide bonds. The Morgan fingerprint density at radius 2 is 2.00 bits per heavy atom. The Morgan fingerprint density at radius 3 is 2.68 bits per heavy atom. The number of rotatable bonds is 5. The SMILES string of the molecule is CCOC(=O)CCn1c(=NC(=O)c2ccc(C#N)cc2)sc2cc(Cl)ccc21. The lowest BCUT2D eigenvalue weighted by molar-refractivity contribution is -0.143. The van der Waals surface area contributed by atoms with E-state index in [4.69, 9.17) is 21.6 Å². The quantitative estimate of drug-likeness (QED) is 0.593. The third-order valence-electron chi connectivity index (χ3n) is 3.95. The molecule has 1 aromatic heterocycles. The molecule has 3 aromatic rings. The number of amides is 1. The van der Waals surface area contributed by atoms with E-state index in [2.05, 4.69) is 4.99 Å². The van der Waals surface area contributed by atoms with Gasteiger partial charge in [-0.25, -0.2) is 0 Å². The molecule has 28 heavy (non-hydrogen) atoms. The molecular formula is C20H16ClN3O3S. The number of nitrogens with zero attached hydrogens (tertiary/aromatic N) is 3. The van der Waals surface area contributed by atoms with Crippen LogP contribution < -0.4 is 4.80 Å². The van der Waals surface area contributed by atoms with Crippen molar-refractivity contribution in [3.8, 4) is 6.07 Å². The van der Waals surface area contributed by atoms with E-state index in [9.17, 15) is 9.59 Å². The van der Waals surface area contributed by atoms with Crippen LogP contribution in [0.2, 0.25) is 5.02 Å². The minimum Gasteiger partial charge on any atom is -0.466 e. The van der Waals surface area contributed by atoms with Crippen LogP contribution in [-0.4, -0.2) is 23.1 Å². The lowest BCUT2D eigenvalue weighted by Gasteiger charge is -2.05. The normalized spacial score (nSPS) is 11.4. The largest absolute Gasteiger partial charge is 0.466 e. The van der Waals surface area contributed by atoms with Crippen LogP contribution in [0.25, 0.3) is 10.2 Å². The third kappa shape index (κ3) is 4.47. The summed E-state index contributed by atoms with van der Waals surface area (Å²) >= 11 is 7.40. The van der Waals surface area contributed by atoms with Gasteiger partial charge in [-0.3, -0.25) is 9.59 Å². The highest BCUT2D eigenvalue weighted by molar-refractivity contribution is 7.16. The number of hydrogen-bond donors (Lipinski definition) is 0. The summed E-state index contributed by atoms with van der Waals surface area (Å²) in [6, 6.07) is 13.7. The second-order valence-corrected chi connectivity index (χ2v) is 7.25. The molecule has 2 aromatic carbocycles. The van der Waals surface area contributed by atoms with Crippen LogP contribution in [0.5, 0.6) is 0 Å². The van der Waals surface area contributed by atoms with Crippen LogP contribution in [0.1, 0.15) is 29.3 Å². The number of aryl methyl sites for hydroxylation is 1. The molecule has 0 aliphatic rings. The molecule has 0 radical (unpaired) electrons. The first-order valence-electron chi connectivity index (χ1n) is 8.55. The summed E-state index contributed by atoms with van der Waals surface area (Å²) in [7, 11) is 0. The minimum atomic E-state index is -0.424. The van der Waals surface area contributed by atoms with Crippen LogP contribution in [0.4, 0.5) is 0 Å². The van der Waals surface area contributed by atoms with Gasteiger partial charge in [0.05, 0.1) is 34.9 Å². The highest BCUT2D eigenvalue weighted by atomic mass is 35.5. The molecular weight excluding hydrogens is 398 g/mol. The number of carbonyl (C=O) groups is 2. The number of carbonyl (C=O) groups excluding carboxylic acids is 2. The molecule has 1 heterocycles. The maximum absolute atomic E-state index is 12.6. The molecule has 6 nitrogen and oxygen atoms in total. The number of benzene rings is 2. The van der Waals surface area contributed by atoms with Crippen molar-refractivity contribution in [2.75, 3.05) is 6.61 Å². The van der Waals surface area contributed by atoms with Crippen molar-refractivity contribution in [3.05, 3.63) is 63.4 Å². The summed E-state index contributed by atoms with van der Waals surface area (Å²) in [5, 5.41) is 9.46. The summed E-state index contributed by atoms with van der Waals surface area (Å²) < 4.78 is 7.67. The number of halogens is 1. The minimum absolute atomic E-state index is 0.167. The zero-order valence-electron chi connectivity index (χ0n) is 15.0. The average molecular weight is 414 g/mol. The Bertz CT molecular complexity index is 1140. The van der Waals surface area contributed by atoms with Gasteiger partial charge in [0.2, 0.25) is 0 Å². The van der Waals surface area contributed by atoms with Crippen molar-refractivity contribution in [3.63, 3.8) is 0 Å². The molecule has 8 heteroatoms. The van der Waals surface area contributed by atoms with Crippen LogP contribution in [0.15, 0.2) is 47.5 Å². The smallest absolute Gasteiger partial charge is 0.307 e. The molecule has 0 atom stereocenters. The summed E-state index contributed by atoms with van der Waals surface area (Å²) in [6.07, 6.45) is 0.167. The number of hydrogen-bond acceptors (Lipinski definition) is 5. The van der Waals surface area contributed by atoms with Crippen LogP contribution >= 0.6 is 22.9 Å². The first-order valence-corrected chi connectivity index (χ1v) is 9.75. The lowest BCUT2D eigenvalue weighted by atomic mass is 10.1. The first kappa shape index (κ1) is 19.8. The fraction of sp³-hybridized carbons (Fsp3) is 0.200. The van der Waals surface area contributed by atoms with Crippen molar-refractivity contribution < 1.29 is 14.3 Å². The molecule has 0 aliphatic carbocycles. The zero-order chi connectivity index (χ0) is 20.1. The van der Waals surface area contributed by atoms with E-state index in [-0.39, 0.29) is 12.4 Å².